The Kier molecular flexibility index (Phi) is 9.12. The van der Waals surface area contributed by atoms with Crippen LogP contribution in [0.3, 0.4) is 0 Å². The number of hydrogen-bond acceptors (Lipinski definition) is 8. The fourth-order valence-electron chi connectivity index (χ4n) is 4.35. The minimum atomic E-state index is -0.585. The molecule has 1 amide bonds. The van der Waals surface area contributed by atoms with E-state index in [2.05, 4.69) is 10.2 Å². The van der Waals surface area contributed by atoms with Crippen LogP contribution in [0.4, 0.5) is 10.5 Å². The molecule has 0 saturated carbocycles. The summed E-state index contributed by atoms with van der Waals surface area (Å²) >= 11 is 1.43. The lowest BCUT2D eigenvalue weighted by molar-refractivity contribution is 0.0322. The molecule has 1 aliphatic heterocycles. The molecule has 4 N–H and O–H groups in total. The third-order valence-electron chi connectivity index (χ3n) is 6.47. The molecule has 40 heavy (non-hydrogen) atoms. The van der Waals surface area contributed by atoms with Crippen molar-refractivity contribution in [1.82, 2.24) is 4.90 Å². The zero-order valence-corrected chi connectivity index (χ0v) is 22.8. The van der Waals surface area contributed by atoms with Crippen molar-refractivity contribution in [2.45, 2.75) is 6.10 Å². The van der Waals surface area contributed by atoms with Crippen LogP contribution in [0.25, 0.3) is 10.1 Å². The van der Waals surface area contributed by atoms with Crippen molar-refractivity contribution >= 4 is 39.0 Å². The molecule has 4 aromatic rings. The fourth-order valence-corrected chi connectivity index (χ4v) is 5.29. The van der Waals surface area contributed by atoms with Crippen LogP contribution in [0.5, 0.6) is 11.5 Å². The smallest absolute Gasteiger partial charge is 0.411 e. The predicted molar refractivity (Wildman–Crippen MR) is 157 cm³/mol. The second-order valence-electron chi connectivity index (χ2n) is 9.26. The normalized spacial score (nSPS) is 14.4. The Balaban J connectivity index is 1.17. The molecule has 1 saturated heterocycles. The molecule has 2 heterocycles. The first-order chi connectivity index (χ1) is 19.5. The van der Waals surface area contributed by atoms with E-state index in [1.54, 1.807) is 12.1 Å². The highest BCUT2D eigenvalue weighted by Gasteiger charge is 2.19. The van der Waals surface area contributed by atoms with E-state index in [-0.39, 0.29) is 12.4 Å². The van der Waals surface area contributed by atoms with Crippen molar-refractivity contribution in [3.63, 3.8) is 0 Å². The maximum atomic E-state index is 12.7. The number of anilines is 1. The van der Waals surface area contributed by atoms with Crippen molar-refractivity contribution in [1.29, 1.82) is 5.41 Å². The van der Waals surface area contributed by atoms with Gasteiger partial charge in [-0.1, -0.05) is 36.4 Å². The van der Waals surface area contributed by atoms with E-state index in [9.17, 15) is 4.79 Å². The van der Waals surface area contributed by atoms with Crippen LogP contribution in [0.15, 0.2) is 78.9 Å². The molecule has 1 atom stereocenters. The summed E-state index contributed by atoms with van der Waals surface area (Å²) in [5.41, 5.74) is 7.17. The average Bonchev–Trinajstić information content (AvgIpc) is 3.43. The van der Waals surface area contributed by atoms with E-state index in [4.69, 9.17) is 30.1 Å². The first kappa shape index (κ1) is 27.4. The quantitative estimate of drug-likeness (QED) is 0.169. The van der Waals surface area contributed by atoms with E-state index in [1.807, 2.05) is 66.7 Å². The molecule has 1 unspecified atom stereocenters. The lowest BCUT2D eigenvalue weighted by Gasteiger charge is -2.26. The Morgan fingerprint density at radius 1 is 1.05 bits per heavy atom. The van der Waals surface area contributed by atoms with Gasteiger partial charge in [0.2, 0.25) is 0 Å². The van der Waals surface area contributed by atoms with Gasteiger partial charge in [-0.2, -0.15) is 0 Å². The number of rotatable bonds is 11. The van der Waals surface area contributed by atoms with Gasteiger partial charge in [-0.15, -0.1) is 11.3 Å². The molecule has 208 valence electrons. The van der Waals surface area contributed by atoms with Crippen molar-refractivity contribution in [3.8, 4) is 11.5 Å². The van der Waals surface area contributed by atoms with Crippen molar-refractivity contribution in [3.05, 3.63) is 89.3 Å². The number of thiophene rings is 1. The number of carbonyl (C=O) groups excluding carboxylic acids is 1. The summed E-state index contributed by atoms with van der Waals surface area (Å²) in [7, 11) is 0. The maximum absolute atomic E-state index is 12.7. The van der Waals surface area contributed by atoms with Crippen LogP contribution in [-0.4, -0.2) is 62.9 Å². The van der Waals surface area contributed by atoms with Crippen LogP contribution >= 0.6 is 11.3 Å². The maximum Gasteiger partial charge on any atom is 0.411 e. The third-order valence-corrected chi connectivity index (χ3v) is 7.61. The molecule has 1 aromatic heterocycles. The van der Waals surface area contributed by atoms with Crippen molar-refractivity contribution in [2.24, 2.45) is 5.73 Å². The lowest BCUT2D eigenvalue weighted by Crippen LogP contribution is -2.38. The zero-order chi connectivity index (χ0) is 27.7. The first-order valence-corrected chi connectivity index (χ1v) is 13.9. The predicted octanol–water partition coefficient (Wildman–Crippen LogP) is 5.27. The van der Waals surface area contributed by atoms with E-state index < -0.39 is 12.2 Å². The molecule has 1 fully saturated rings. The number of carbonyl (C=O) groups is 1. The average molecular weight is 561 g/mol. The standard InChI is InChI=1S/C30H32N4O5S/c31-29(32)28-19-24-25(7-4-8-27(24)40-28)39-26(21-5-2-1-3-6-21)20-38-30(35)33-22-9-11-23(12-10-22)37-18-15-34-13-16-36-17-14-34/h1-12,19,26H,13-18,20H2,(H3,31,32)(H,33,35). The molecule has 1 aliphatic rings. The summed E-state index contributed by atoms with van der Waals surface area (Å²) in [6.07, 6.45) is -1.13. The zero-order valence-electron chi connectivity index (χ0n) is 22.0. The van der Waals surface area contributed by atoms with Gasteiger partial charge in [0.15, 0.2) is 6.10 Å². The van der Waals surface area contributed by atoms with Gasteiger partial charge in [-0.05, 0) is 48.0 Å². The highest BCUT2D eigenvalue weighted by molar-refractivity contribution is 7.20. The number of nitrogen functional groups attached to an aromatic ring is 1. The molecule has 9 nitrogen and oxygen atoms in total. The number of amides is 1. The number of ether oxygens (including phenoxy) is 4. The van der Waals surface area contributed by atoms with Crippen LogP contribution in [0.1, 0.15) is 16.5 Å². The van der Waals surface area contributed by atoms with E-state index in [0.717, 1.165) is 54.2 Å². The SMILES string of the molecule is N=C(N)c1cc2c(OC(COC(=O)Nc3ccc(OCCN4CCOCC4)cc3)c3ccccc3)cccc2s1. The van der Waals surface area contributed by atoms with Gasteiger partial charge in [-0.3, -0.25) is 15.6 Å². The van der Waals surface area contributed by atoms with Gasteiger partial charge in [0, 0.05) is 35.4 Å². The Morgan fingerprint density at radius 3 is 2.58 bits per heavy atom. The fraction of sp³-hybridized carbons (Fsp3) is 0.267. The highest BCUT2D eigenvalue weighted by Crippen LogP contribution is 2.35. The van der Waals surface area contributed by atoms with Crippen molar-refractivity contribution < 1.29 is 23.7 Å². The molecule has 0 spiro atoms. The lowest BCUT2D eigenvalue weighted by atomic mass is 10.1. The molecule has 5 rings (SSSR count). The summed E-state index contributed by atoms with van der Waals surface area (Å²) in [5, 5.41) is 11.4. The summed E-state index contributed by atoms with van der Waals surface area (Å²) < 4.78 is 24.1. The molecular weight excluding hydrogens is 528 g/mol. The molecule has 0 radical (unpaired) electrons. The molecule has 0 bridgehead atoms. The Bertz CT molecular complexity index is 1420. The largest absolute Gasteiger partial charge is 0.492 e. The van der Waals surface area contributed by atoms with Crippen LogP contribution in [-0.2, 0) is 9.47 Å². The van der Waals surface area contributed by atoms with Crippen molar-refractivity contribution in [2.75, 3.05) is 51.4 Å². The van der Waals surface area contributed by atoms with Crippen LogP contribution < -0.4 is 20.5 Å². The van der Waals surface area contributed by atoms with E-state index in [0.29, 0.717) is 22.9 Å². The van der Waals surface area contributed by atoms with Gasteiger partial charge < -0.3 is 24.7 Å². The highest BCUT2D eigenvalue weighted by atomic mass is 32.1. The van der Waals surface area contributed by atoms with Gasteiger partial charge in [0.05, 0.1) is 18.1 Å². The van der Waals surface area contributed by atoms with Gasteiger partial charge in [0.1, 0.15) is 30.5 Å². The third kappa shape index (κ3) is 7.29. The number of morpholine rings is 1. The first-order valence-electron chi connectivity index (χ1n) is 13.1. The number of nitrogens with two attached hydrogens (primary N) is 1. The van der Waals surface area contributed by atoms with Crippen LogP contribution in [0, 0.1) is 5.41 Å². The Labute approximate surface area is 236 Å². The van der Waals surface area contributed by atoms with E-state index in [1.165, 1.54) is 11.3 Å². The number of nitrogens with zero attached hydrogens (tertiary/aromatic N) is 1. The Morgan fingerprint density at radius 2 is 1.82 bits per heavy atom. The summed E-state index contributed by atoms with van der Waals surface area (Å²) in [5.74, 6) is 1.38. The topological polar surface area (TPSA) is 119 Å². The number of benzene rings is 3. The van der Waals surface area contributed by atoms with Gasteiger partial charge in [0.25, 0.3) is 0 Å². The Hall–Kier alpha value is -4.12. The number of nitrogens with one attached hydrogen (secondary N) is 2. The number of amidine groups is 1. The van der Waals surface area contributed by atoms with Crippen LogP contribution in [0.2, 0.25) is 0 Å². The summed E-state index contributed by atoms with van der Waals surface area (Å²) in [4.78, 5) is 15.6. The molecule has 10 heteroatoms. The molecule has 3 aromatic carbocycles. The summed E-state index contributed by atoms with van der Waals surface area (Å²) in [6.45, 7) is 4.81. The van der Waals surface area contributed by atoms with Gasteiger partial charge in [-0.25, -0.2) is 4.79 Å². The second-order valence-corrected chi connectivity index (χ2v) is 10.3. The number of hydrogen-bond donors (Lipinski definition) is 3. The molecular formula is C30H32N4O5S. The minimum Gasteiger partial charge on any atom is -0.492 e. The summed E-state index contributed by atoms with van der Waals surface area (Å²) in [6, 6.07) is 24.4. The van der Waals surface area contributed by atoms with E-state index >= 15 is 0 Å². The second kappa shape index (κ2) is 13.3. The molecule has 0 aliphatic carbocycles. The minimum absolute atomic E-state index is 0.00132. The number of fused-ring (bicyclic) bond motifs is 1. The van der Waals surface area contributed by atoms with Gasteiger partial charge >= 0.3 is 6.09 Å². The monoisotopic (exact) mass is 560 g/mol.